The Kier molecular flexibility index (Phi) is 2.72. The molecular weight excluding hydrogens is 202 g/mol. The van der Waals surface area contributed by atoms with E-state index in [1.54, 1.807) is 12.4 Å². The number of anilines is 1. The van der Waals surface area contributed by atoms with Gasteiger partial charge in [0.2, 0.25) is 0 Å². The number of carbonyl (C=O) groups is 1. The van der Waals surface area contributed by atoms with Crippen molar-refractivity contribution in [3.05, 3.63) is 47.3 Å². The van der Waals surface area contributed by atoms with Crippen LogP contribution in [-0.4, -0.2) is 16.1 Å². The second kappa shape index (κ2) is 4.18. The average Bonchev–Trinajstić information content (AvgIpc) is 2.74. The number of hydrogen-bond acceptors (Lipinski definition) is 2. The van der Waals surface area contributed by atoms with Crippen LogP contribution in [0, 0.1) is 13.8 Å². The van der Waals surface area contributed by atoms with Gasteiger partial charge < -0.3 is 5.32 Å². The first-order chi connectivity index (χ1) is 7.66. The number of nitrogens with one attached hydrogen (secondary N) is 2. The zero-order valence-corrected chi connectivity index (χ0v) is 9.24. The van der Waals surface area contributed by atoms with E-state index in [2.05, 4.69) is 15.5 Å². The molecule has 2 aromatic rings. The predicted molar refractivity (Wildman–Crippen MR) is 62.5 cm³/mol. The molecule has 0 saturated carbocycles. The maximum absolute atomic E-state index is 11.9. The third-order valence-electron chi connectivity index (χ3n) is 2.39. The van der Waals surface area contributed by atoms with Crippen LogP contribution in [0.15, 0.2) is 30.6 Å². The van der Waals surface area contributed by atoms with Crippen molar-refractivity contribution in [3.63, 3.8) is 0 Å². The Balaban J connectivity index is 2.24. The highest BCUT2D eigenvalue weighted by atomic mass is 16.1. The standard InChI is InChI=1S/C12H13N3O/c1-8-3-4-9(2)11(5-8)12(16)15-10-6-13-14-7-10/h3-7H,1-2H3,(H,13,14)(H,15,16). The number of nitrogens with zero attached hydrogens (tertiary/aromatic N) is 1. The smallest absolute Gasteiger partial charge is 0.256 e. The Morgan fingerprint density at radius 3 is 2.88 bits per heavy atom. The second-order valence-corrected chi connectivity index (χ2v) is 3.76. The molecule has 0 aliphatic heterocycles. The Morgan fingerprint density at radius 2 is 2.19 bits per heavy atom. The summed E-state index contributed by atoms with van der Waals surface area (Å²) in [6.45, 7) is 3.89. The second-order valence-electron chi connectivity index (χ2n) is 3.76. The molecule has 2 rings (SSSR count). The monoisotopic (exact) mass is 215 g/mol. The average molecular weight is 215 g/mol. The maximum Gasteiger partial charge on any atom is 0.256 e. The highest BCUT2D eigenvalue weighted by Gasteiger charge is 2.09. The molecule has 0 radical (unpaired) electrons. The molecule has 1 aromatic heterocycles. The van der Waals surface area contributed by atoms with Crippen molar-refractivity contribution in [2.75, 3.05) is 5.32 Å². The maximum atomic E-state index is 11.9. The Bertz CT molecular complexity index is 503. The minimum atomic E-state index is -0.109. The molecule has 0 bridgehead atoms. The van der Waals surface area contributed by atoms with Crippen LogP contribution in [0.25, 0.3) is 0 Å². The Hall–Kier alpha value is -2.10. The van der Waals surface area contributed by atoms with Crippen LogP contribution < -0.4 is 5.32 Å². The van der Waals surface area contributed by atoms with Gasteiger partial charge in [-0.3, -0.25) is 9.89 Å². The van der Waals surface area contributed by atoms with Crippen LogP contribution >= 0.6 is 0 Å². The highest BCUT2D eigenvalue weighted by molar-refractivity contribution is 6.05. The lowest BCUT2D eigenvalue weighted by Gasteiger charge is -2.06. The lowest BCUT2D eigenvalue weighted by Crippen LogP contribution is -2.13. The number of hydrogen-bond donors (Lipinski definition) is 2. The number of amides is 1. The van der Waals surface area contributed by atoms with E-state index in [0.717, 1.165) is 11.1 Å². The van der Waals surface area contributed by atoms with E-state index in [4.69, 9.17) is 0 Å². The Labute approximate surface area is 93.7 Å². The van der Waals surface area contributed by atoms with E-state index in [1.165, 1.54) is 0 Å². The van der Waals surface area contributed by atoms with Crippen molar-refractivity contribution in [1.29, 1.82) is 0 Å². The fraction of sp³-hybridized carbons (Fsp3) is 0.167. The molecule has 0 aliphatic rings. The van der Waals surface area contributed by atoms with E-state index in [1.807, 2.05) is 32.0 Å². The predicted octanol–water partition coefficient (Wildman–Crippen LogP) is 2.28. The molecule has 4 nitrogen and oxygen atoms in total. The molecule has 0 aliphatic carbocycles. The summed E-state index contributed by atoms with van der Waals surface area (Å²) in [5.41, 5.74) is 3.40. The van der Waals surface area contributed by atoms with E-state index in [0.29, 0.717) is 11.3 Å². The molecule has 4 heteroatoms. The fourth-order valence-electron chi connectivity index (χ4n) is 1.50. The summed E-state index contributed by atoms with van der Waals surface area (Å²) in [7, 11) is 0. The Morgan fingerprint density at radius 1 is 1.38 bits per heavy atom. The zero-order valence-electron chi connectivity index (χ0n) is 9.24. The quantitative estimate of drug-likeness (QED) is 0.807. The van der Waals surface area contributed by atoms with Gasteiger partial charge in [0.1, 0.15) is 0 Å². The van der Waals surface area contributed by atoms with Crippen molar-refractivity contribution >= 4 is 11.6 Å². The third-order valence-corrected chi connectivity index (χ3v) is 2.39. The van der Waals surface area contributed by atoms with Gasteiger partial charge in [0.05, 0.1) is 11.9 Å². The van der Waals surface area contributed by atoms with Gasteiger partial charge in [-0.2, -0.15) is 5.10 Å². The van der Waals surface area contributed by atoms with Gasteiger partial charge in [-0.1, -0.05) is 17.7 Å². The van der Waals surface area contributed by atoms with Gasteiger partial charge in [0, 0.05) is 11.8 Å². The van der Waals surface area contributed by atoms with Crippen LogP contribution in [0.3, 0.4) is 0 Å². The molecule has 0 unspecified atom stereocenters. The molecule has 16 heavy (non-hydrogen) atoms. The van der Waals surface area contributed by atoms with E-state index in [-0.39, 0.29) is 5.91 Å². The van der Waals surface area contributed by atoms with Gasteiger partial charge in [0.15, 0.2) is 0 Å². The van der Waals surface area contributed by atoms with Crippen LogP contribution in [0.1, 0.15) is 21.5 Å². The van der Waals surface area contributed by atoms with Crippen molar-refractivity contribution < 1.29 is 4.79 Å². The van der Waals surface area contributed by atoms with Gasteiger partial charge in [0.25, 0.3) is 5.91 Å². The van der Waals surface area contributed by atoms with Crippen molar-refractivity contribution in [3.8, 4) is 0 Å². The number of aromatic amines is 1. The van der Waals surface area contributed by atoms with Crippen LogP contribution in [0.4, 0.5) is 5.69 Å². The highest BCUT2D eigenvalue weighted by Crippen LogP contribution is 2.13. The lowest BCUT2D eigenvalue weighted by atomic mass is 10.1. The van der Waals surface area contributed by atoms with Gasteiger partial charge in [-0.05, 0) is 25.5 Å². The molecule has 0 saturated heterocycles. The summed E-state index contributed by atoms with van der Waals surface area (Å²) in [6.07, 6.45) is 3.21. The number of aryl methyl sites for hydroxylation is 2. The minimum absolute atomic E-state index is 0.109. The number of carbonyl (C=O) groups excluding carboxylic acids is 1. The topological polar surface area (TPSA) is 57.8 Å². The molecule has 82 valence electrons. The molecular formula is C12H13N3O. The van der Waals surface area contributed by atoms with E-state index in [9.17, 15) is 4.79 Å². The summed E-state index contributed by atoms with van der Waals surface area (Å²) in [6, 6.07) is 5.81. The molecule has 0 spiro atoms. The zero-order chi connectivity index (χ0) is 11.5. The van der Waals surface area contributed by atoms with E-state index >= 15 is 0 Å². The van der Waals surface area contributed by atoms with Crippen molar-refractivity contribution in [1.82, 2.24) is 10.2 Å². The fourth-order valence-corrected chi connectivity index (χ4v) is 1.50. The number of benzene rings is 1. The lowest BCUT2D eigenvalue weighted by molar-refractivity contribution is 0.102. The molecule has 0 atom stereocenters. The first-order valence-corrected chi connectivity index (χ1v) is 5.04. The van der Waals surface area contributed by atoms with Gasteiger partial charge in [-0.15, -0.1) is 0 Å². The normalized spacial score (nSPS) is 10.1. The van der Waals surface area contributed by atoms with Crippen LogP contribution in [0.5, 0.6) is 0 Å². The summed E-state index contributed by atoms with van der Waals surface area (Å²) in [5.74, 6) is -0.109. The largest absolute Gasteiger partial charge is 0.319 e. The molecule has 2 N–H and O–H groups in total. The molecule has 0 fully saturated rings. The summed E-state index contributed by atoms with van der Waals surface area (Å²) < 4.78 is 0. The first kappa shape index (κ1) is 10.4. The van der Waals surface area contributed by atoms with Crippen molar-refractivity contribution in [2.45, 2.75) is 13.8 Å². The number of aromatic nitrogens is 2. The summed E-state index contributed by atoms with van der Waals surface area (Å²) in [4.78, 5) is 11.9. The summed E-state index contributed by atoms with van der Waals surface area (Å²) in [5, 5.41) is 9.19. The number of rotatable bonds is 2. The van der Waals surface area contributed by atoms with Crippen LogP contribution in [0.2, 0.25) is 0 Å². The molecule has 1 amide bonds. The number of H-pyrrole nitrogens is 1. The van der Waals surface area contributed by atoms with Gasteiger partial charge >= 0.3 is 0 Å². The van der Waals surface area contributed by atoms with Crippen molar-refractivity contribution in [2.24, 2.45) is 0 Å². The molecule has 1 heterocycles. The minimum Gasteiger partial charge on any atom is -0.319 e. The van der Waals surface area contributed by atoms with Crippen LogP contribution in [-0.2, 0) is 0 Å². The van der Waals surface area contributed by atoms with Gasteiger partial charge in [-0.25, -0.2) is 0 Å². The summed E-state index contributed by atoms with van der Waals surface area (Å²) >= 11 is 0. The third kappa shape index (κ3) is 2.11. The SMILES string of the molecule is Cc1ccc(C)c(C(=O)Nc2cn[nH]c2)c1. The molecule has 1 aromatic carbocycles. The first-order valence-electron chi connectivity index (χ1n) is 5.04. The van der Waals surface area contributed by atoms with E-state index < -0.39 is 0 Å².